The Balaban J connectivity index is 2.08. The van der Waals surface area contributed by atoms with Crippen LogP contribution in [0.15, 0.2) is 18.2 Å². The quantitative estimate of drug-likeness (QED) is 0.801. The summed E-state index contributed by atoms with van der Waals surface area (Å²) in [5.41, 5.74) is 1.51. The van der Waals surface area contributed by atoms with Crippen LogP contribution in [0.1, 0.15) is 26.4 Å². The SMILES string of the molecule is COC(=O)c1c(NC(=O)COc2ccc(C#N)cc2Cl)sc(C)c1C. The number of amides is 1. The van der Waals surface area contributed by atoms with Gasteiger partial charge in [0.15, 0.2) is 6.61 Å². The summed E-state index contributed by atoms with van der Waals surface area (Å²) in [5.74, 6) is -0.650. The van der Waals surface area contributed by atoms with Crippen LogP contribution in [-0.2, 0) is 9.53 Å². The van der Waals surface area contributed by atoms with E-state index < -0.39 is 11.9 Å². The number of benzene rings is 1. The first kappa shape index (κ1) is 18.8. The number of nitrogens with zero attached hydrogens (tertiary/aromatic N) is 1. The van der Waals surface area contributed by atoms with Crippen LogP contribution in [0.3, 0.4) is 0 Å². The molecule has 130 valence electrons. The summed E-state index contributed by atoms with van der Waals surface area (Å²) in [6.07, 6.45) is 0. The fourth-order valence-corrected chi connectivity index (χ4v) is 3.36. The Morgan fingerprint density at radius 3 is 2.68 bits per heavy atom. The lowest BCUT2D eigenvalue weighted by molar-refractivity contribution is -0.118. The lowest BCUT2D eigenvalue weighted by atomic mass is 10.1. The van der Waals surface area contributed by atoms with Gasteiger partial charge in [0.2, 0.25) is 0 Å². The predicted octanol–water partition coefficient (Wildman–Crippen LogP) is 3.69. The van der Waals surface area contributed by atoms with Gasteiger partial charge in [0.25, 0.3) is 5.91 Å². The van der Waals surface area contributed by atoms with Gasteiger partial charge in [0.05, 0.1) is 29.3 Å². The average Bonchev–Trinajstić information content (AvgIpc) is 2.86. The molecule has 8 heteroatoms. The summed E-state index contributed by atoms with van der Waals surface area (Å²) in [4.78, 5) is 24.9. The maximum atomic E-state index is 12.1. The Labute approximate surface area is 153 Å². The van der Waals surface area contributed by atoms with Crippen molar-refractivity contribution in [2.24, 2.45) is 0 Å². The van der Waals surface area contributed by atoms with Crippen LogP contribution in [0, 0.1) is 25.2 Å². The highest BCUT2D eigenvalue weighted by molar-refractivity contribution is 7.16. The third-order valence-electron chi connectivity index (χ3n) is 3.45. The Morgan fingerprint density at radius 1 is 1.36 bits per heavy atom. The van der Waals surface area contributed by atoms with Gasteiger partial charge in [-0.05, 0) is 37.6 Å². The van der Waals surface area contributed by atoms with Crippen LogP contribution in [-0.4, -0.2) is 25.6 Å². The molecule has 0 spiro atoms. The van der Waals surface area contributed by atoms with Crippen molar-refractivity contribution in [2.45, 2.75) is 13.8 Å². The number of thiophene rings is 1. The van der Waals surface area contributed by atoms with E-state index in [1.807, 2.05) is 13.0 Å². The number of rotatable bonds is 5. The smallest absolute Gasteiger partial charge is 0.341 e. The lowest BCUT2D eigenvalue weighted by Gasteiger charge is -2.09. The zero-order valence-electron chi connectivity index (χ0n) is 13.8. The van der Waals surface area contributed by atoms with Crippen molar-refractivity contribution in [3.05, 3.63) is 44.8 Å². The van der Waals surface area contributed by atoms with Gasteiger partial charge >= 0.3 is 5.97 Å². The second kappa shape index (κ2) is 8.01. The second-order valence-electron chi connectivity index (χ2n) is 5.07. The second-order valence-corrected chi connectivity index (χ2v) is 6.70. The number of halogens is 1. The molecule has 0 aliphatic heterocycles. The number of carbonyl (C=O) groups excluding carboxylic acids is 2. The van der Waals surface area contributed by atoms with E-state index in [9.17, 15) is 9.59 Å². The summed E-state index contributed by atoms with van der Waals surface area (Å²) in [6.45, 7) is 3.36. The van der Waals surface area contributed by atoms with Crippen LogP contribution in [0.2, 0.25) is 5.02 Å². The topological polar surface area (TPSA) is 88.4 Å². The zero-order valence-corrected chi connectivity index (χ0v) is 15.4. The number of hydrogen-bond donors (Lipinski definition) is 1. The standard InChI is InChI=1S/C17H15ClN2O4S/c1-9-10(2)25-16(15(9)17(22)23-3)20-14(21)8-24-13-5-4-11(7-19)6-12(13)18/h4-6H,8H2,1-3H3,(H,20,21). The average molecular weight is 379 g/mol. The number of anilines is 1. The molecule has 1 amide bonds. The van der Waals surface area contributed by atoms with E-state index in [2.05, 4.69) is 5.32 Å². The molecule has 1 heterocycles. The highest BCUT2D eigenvalue weighted by Gasteiger charge is 2.21. The molecule has 25 heavy (non-hydrogen) atoms. The van der Waals surface area contributed by atoms with E-state index in [0.29, 0.717) is 21.9 Å². The van der Waals surface area contributed by atoms with Crippen molar-refractivity contribution in [3.8, 4) is 11.8 Å². The molecule has 6 nitrogen and oxygen atoms in total. The summed E-state index contributed by atoms with van der Waals surface area (Å²) >= 11 is 7.29. The van der Waals surface area contributed by atoms with Crippen molar-refractivity contribution >= 4 is 39.8 Å². The molecule has 0 radical (unpaired) electrons. The van der Waals surface area contributed by atoms with Crippen LogP contribution in [0.4, 0.5) is 5.00 Å². The molecule has 0 bridgehead atoms. The number of nitriles is 1. The van der Waals surface area contributed by atoms with E-state index in [4.69, 9.17) is 26.3 Å². The monoisotopic (exact) mass is 378 g/mol. The molecule has 0 unspecified atom stereocenters. The van der Waals surface area contributed by atoms with Crippen molar-refractivity contribution in [1.29, 1.82) is 5.26 Å². The molecule has 0 atom stereocenters. The minimum atomic E-state index is -0.506. The van der Waals surface area contributed by atoms with Crippen LogP contribution < -0.4 is 10.1 Å². The number of ether oxygens (including phenoxy) is 2. The van der Waals surface area contributed by atoms with Gasteiger partial charge in [0.1, 0.15) is 10.8 Å². The summed E-state index contributed by atoms with van der Waals surface area (Å²) in [7, 11) is 1.29. The van der Waals surface area contributed by atoms with Gasteiger partial charge in [-0.2, -0.15) is 5.26 Å². The maximum absolute atomic E-state index is 12.1. The Bertz CT molecular complexity index is 870. The maximum Gasteiger partial charge on any atom is 0.341 e. The minimum absolute atomic E-state index is 0.241. The number of nitrogens with one attached hydrogen (secondary N) is 1. The molecule has 1 N–H and O–H groups in total. The van der Waals surface area contributed by atoms with Crippen LogP contribution >= 0.6 is 22.9 Å². The predicted molar refractivity (Wildman–Crippen MR) is 95.4 cm³/mol. The van der Waals surface area contributed by atoms with E-state index in [-0.39, 0.29) is 11.6 Å². The van der Waals surface area contributed by atoms with Crippen LogP contribution in [0.25, 0.3) is 0 Å². The number of aryl methyl sites for hydroxylation is 1. The van der Waals surface area contributed by atoms with E-state index >= 15 is 0 Å². The number of carbonyl (C=O) groups is 2. The lowest BCUT2D eigenvalue weighted by Crippen LogP contribution is -2.21. The first-order valence-electron chi connectivity index (χ1n) is 7.18. The fraction of sp³-hybridized carbons (Fsp3) is 0.235. The Kier molecular flexibility index (Phi) is 6.02. The molecule has 0 saturated carbocycles. The molecular formula is C17H15ClN2O4S. The first-order chi connectivity index (χ1) is 11.9. The van der Waals surface area contributed by atoms with Gasteiger partial charge in [-0.1, -0.05) is 11.6 Å². The summed E-state index contributed by atoms with van der Waals surface area (Å²) in [6, 6.07) is 6.48. The van der Waals surface area contributed by atoms with Crippen molar-refractivity contribution in [3.63, 3.8) is 0 Å². The Hall–Kier alpha value is -2.56. The molecule has 2 rings (SSSR count). The molecular weight excluding hydrogens is 364 g/mol. The van der Waals surface area contributed by atoms with Crippen LogP contribution in [0.5, 0.6) is 5.75 Å². The molecule has 1 aromatic carbocycles. The number of methoxy groups -OCH3 is 1. The van der Waals surface area contributed by atoms with Gasteiger partial charge in [-0.25, -0.2) is 4.79 Å². The third kappa shape index (κ3) is 4.29. The molecule has 0 aliphatic rings. The molecule has 0 aliphatic carbocycles. The summed E-state index contributed by atoms with van der Waals surface area (Å²) in [5, 5.41) is 12.1. The van der Waals surface area contributed by atoms with Gasteiger partial charge < -0.3 is 14.8 Å². The summed E-state index contributed by atoms with van der Waals surface area (Å²) < 4.78 is 10.1. The van der Waals surface area contributed by atoms with E-state index in [1.54, 1.807) is 13.0 Å². The van der Waals surface area contributed by atoms with Crippen molar-refractivity contribution < 1.29 is 19.1 Å². The highest BCUT2D eigenvalue weighted by atomic mass is 35.5. The molecule has 0 fully saturated rings. The van der Waals surface area contributed by atoms with Crippen molar-refractivity contribution in [2.75, 3.05) is 19.0 Å². The molecule has 2 aromatic rings. The fourth-order valence-electron chi connectivity index (χ4n) is 2.06. The normalized spacial score (nSPS) is 10.0. The zero-order chi connectivity index (χ0) is 18.6. The van der Waals surface area contributed by atoms with E-state index in [1.165, 1.54) is 30.6 Å². The van der Waals surface area contributed by atoms with Crippen molar-refractivity contribution in [1.82, 2.24) is 0 Å². The van der Waals surface area contributed by atoms with E-state index in [0.717, 1.165) is 10.4 Å². The van der Waals surface area contributed by atoms with Gasteiger partial charge in [-0.15, -0.1) is 11.3 Å². The number of esters is 1. The Morgan fingerprint density at radius 2 is 2.08 bits per heavy atom. The first-order valence-corrected chi connectivity index (χ1v) is 8.37. The van der Waals surface area contributed by atoms with Gasteiger partial charge in [-0.3, -0.25) is 4.79 Å². The number of hydrogen-bond acceptors (Lipinski definition) is 6. The highest BCUT2D eigenvalue weighted by Crippen LogP contribution is 2.33. The molecule has 1 aromatic heterocycles. The third-order valence-corrected chi connectivity index (χ3v) is 4.87. The largest absolute Gasteiger partial charge is 0.482 e. The molecule has 0 saturated heterocycles. The van der Waals surface area contributed by atoms with Gasteiger partial charge in [0, 0.05) is 4.88 Å². The minimum Gasteiger partial charge on any atom is -0.482 e.